The van der Waals surface area contributed by atoms with Crippen LogP contribution in [0.3, 0.4) is 0 Å². The lowest BCUT2D eigenvalue weighted by Gasteiger charge is -2.08. The molecule has 4 heteroatoms. The molecule has 10 rings (SSSR count). The second-order valence-corrected chi connectivity index (χ2v) is 11.0. The predicted molar refractivity (Wildman–Crippen MR) is 174 cm³/mol. The summed E-state index contributed by atoms with van der Waals surface area (Å²) in [6, 6.07) is 47.5. The summed E-state index contributed by atoms with van der Waals surface area (Å²) in [5.74, 6) is 0. The molecule has 0 saturated carbocycles. The van der Waals surface area contributed by atoms with Crippen LogP contribution in [0.25, 0.3) is 88.0 Å². The summed E-state index contributed by atoms with van der Waals surface area (Å²) in [7, 11) is 0. The van der Waals surface area contributed by atoms with Gasteiger partial charge >= 0.3 is 0 Å². The maximum atomic E-state index is 5.21. The van der Waals surface area contributed by atoms with E-state index in [2.05, 4.69) is 130 Å². The summed E-state index contributed by atoms with van der Waals surface area (Å²) in [4.78, 5) is 10.4. The van der Waals surface area contributed by atoms with Crippen molar-refractivity contribution in [3.63, 3.8) is 0 Å². The van der Waals surface area contributed by atoms with E-state index in [1.165, 1.54) is 49.2 Å². The van der Waals surface area contributed by atoms with Crippen LogP contribution < -0.4 is 0 Å². The molecular weight excluding hydrogens is 512 g/mol. The summed E-state index contributed by atoms with van der Waals surface area (Å²) in [6.45, 7) is 0. The highest BCUT2D eigenvalue weighted by Crippen LogP contribution is 2.46. The van der Waals surface area contributed by atoms with E-state index >= 15 is 0 Å². The number of rotatable bonds is 2. The maximum Gasteiger partial charge on any atom is 0.165 e. The SMILES string of the molecule is c1ccc(-c2cc3c4nc5ccccc5nc4n4c5ccc6c(c7ccccc7n6-c6ccccc6)c5c(c2)c34)cc1. The van der Waals surface area contributed by atoms with Crippen LogP contribution in [0.15, 0.2) is 133 Å². The first-order valence-corrected chi connectivity index (χ1v) is 14.3. The Bertz CT molecular complexity index is 2660. The number of para-hydroxylation sites is 4. The quantitative estimate of drug-likeness (QED) is 0.221. The zero-order valence-electron chi connectivity index (χ0n) is 22.5. The molecule has 10 aromatic rings. The van der Waals surface area contributed by atoms with Gasteiger partial charge in [0.25, 0.3) is 0 Å². The number of nitrogens with zero attached hydrogens (tertiary/aromatic N) is 4. The van der Waals surface area contributed by atoms with Crippen molar-refractivity contribution >= 4 is 71.2 Å². The van der Waals surface area contributed by atoms with Crippen LogP contribution in [-0.2, 0) is 0 Å². The van der Waals surface area contributed by atoms with Crippen LogP contribution in [0.5, 0.6) is 0 Å². The van der Waals surface area contributed by atoms with Gasteiger partial charge in [0.15, 0.2) is 5.65 Å². The first-order valence-electron chi connectivity index (χ1n) is 14.3. The number of aromatic nitrogens is 4. The molecular formula is C38H22N4. The predicted octanol–water partition coefficient (Wildman–Crippen LogP) is 9.54. The first-order chi connectivity index (χ1) is 20.8. The minimum atomic E-state index is 0.903. The van der Waals surface area contributed by atoms with E-state index in [1.54, 1.807) is 0 Å². The minimum Gasteiger partial charge on any atom is -0.309 e. The van der Waals surface area contributed by atoms with Gasteiger partial charge in [-0.15, -0.1) is 0 Å². The topological polar surface area (TPSA) is 35.1 Å². The number of benzene rings is 6. The molecule has 4 aromatic heterocycles. The van der Waals surface area contributed by atoms with Gasteiger partial charge in [-0.25, -0.2) is 9.97 Å². The van der Waals surface area contributed by atoms with Crippen molar-refractivity contribution in [2.24, 2.45) is 0 Å². The summed E-state index contributed by atoms with van der Waals surface area (Å²) >= 11 is 0. The molecule has 0 unspecified atom stereocenters. The summed E-state index contributed by atoms with van der Waals surface area (Å²) in [5, 5.41) is 6.14. The Labute approximate surface area is 240 Å². The fourth-order valence-electron chi connectivity index (χ4n) is 7.08. The van der Waals surface area contributed by atoms with Crippen LogP contribution >= 0.6 is 0 Å². The zero-order chi connectivity index (χ0) is 27.4. The van der Waals surface area contributed by atoms with E-state index < -0.39 is 0 Å². The number of hydrogen-bond donors (Lipinski definition) is 0. The Morgan fingerprint density at radius 1 is 0.452 bits per heavy atom. The highest BCUT2D eigenvalue weighted by atomic mass is 15.0. The highest BCUT2D eigenvalue weighted by molar-refractivity contribution is 6.33. The van der Waals surface area contributed by atoms with Crippen LogP contribution in [0, 0.1) is 0 Å². The van der Waals surface area contributed by atoms with Crippen molar-refractivity contribution in [2.45, 2.75) is 0 Å². The zero-order valence-corrected chi connectivity index (χ0v) is 22.5. The molecule has 42 heavy (non-hydrogen) atoms. The van der Waals surface area contributed by atoms with E-state index in [0.29, 0.717) is 0 Å². The molecule has 0 aliphatic rings. The van der Waals surface area contributed by atoms with Gasteiger partial charge in [-0.3, -0.25) is 4.40 Å². The standard InChI is InChI=1S/C38H22N4/c1-3-11-23(12-4-1)24-21-27-35-33(42-37(27)28(22-24)36-38(42)40-30-17-9-8-16-29(30)39-36)20-19-32-34(35)26-15-7-10-18-31(26)41(32)25-13-5-2-6-14-25/h1-22H. The van der Waals surface area contributed by atoms with Gasteiger partial charge in [0, 0.05) is 32.6 Å². The van der Waals surface area contributed by atoms with Gasteiger partial charge in [0.1, 0.15) is 5.52 Å². The van der Waals surface area contributed by atoms with Gasteiger partial charge in [-0.1, -0.05) is 78.9 Å². The lowest BCUT2D eigenvalue weighted by molar-refractivity contribution is 1.18. The third-order valence-electron chi connectivity index (χ3n) is 8.80. The molecule has 4 nitrogen and oxygen atoms in total. The largest absolute Gasteiger partial charge is 0.309 e. The average molecular weight is 535 g/mol. The molecule has 0 aliphatic carbocycles. The Hall–Kier alpha value is -5.74. The van der Waals surface area contributed by atoms with E-state index in [0.717, 1.165) is 38.8 Å². The van der Waals surface area contributed by atoms with Crippen molar-refractivity contribution in [1.29, 1.82) is 0 Å². The van der Waals surface area contributed by atoms with Gasteiger partial charge in [-0.2, -0.15) is 0 Å². The molecule has 0 saturated heterocycles. The molecule has 0 aliphatic heterocycles. The molecule has 6 aromatic carbocycles. The minimum absolute atomic E-state index is 0.903. The van der Waals surface area contributed by atoms with Gasteiger partial charge in [-0.05, 0) is 65.7 Å². The maximum absolute atomic E-state index is 5.21. The van der Waals surface area contributed by atoms with Crippen LogP contribution in [-0.4, -0.2) is 18.9 Å². The number of hydrogen-bond acceptors (Lipinski definition) is 2. The smallest absolute Gasteiger partial charge is 0.165 e. The molecule has 0 fully saturated rings. The fourth-order valence-corrected chi connectivity index (χ4v) is 7.08. The monoisotopic (exact) mass is 534 g/mol. The lowest BCUT2D eigenvalue weighted by atomic mass is 9.99. The van der Waals surface area contributed by atoms with Crippen LogP contribution in [0.1, 0.15) is 0 Å². The van der Waals surface area contributed by atoms with E-state index in [9.17, 15) is 0 Å². The van der Waals surface area contributed by atoms with E-state index in [4.69, 9.17) is 9.97 Å². The molecule has 0 N–H and O–H groups in total. The van der Waals surface area contributed by atoms with Crippen molar-refractivity contribution in [1.82, 2.24) is 18.9 Å². The Morgan fingerprint density at radius 2 is 1.10 bits per heavy atom. The second-order valence-electron chi connectivity index (χ2n) is 11.0. The lowest BCUT2D eigenvalue weighted by Crippen LogP contribution is -1.93. The molecule has 0 atom stereocenters. The Kier molecular flexibility index (Phi) is 4.15. The van der Waals surface area contributed by atoms with Gasteiger partial charge in [0.05, 0.1) is 33.1 Å². The third-order valence-corrected chi connectivity index (χ3v) is 8.80. The summed E-state index contributed by atoms with van der Waals surface area (Å²) < 4.78 is 4.74. The third kappa shape index (κ3) is 2.76. The molecule has 194 valence electrons. The van der Waals surface area contributed by atoms with E-state index in [-0.39, 0.29) is 0 Å². The Balaban J connectivity index is 1.48. The van der Waals surface area contributed by atoms with Crippen molar-refractivity contribution in [2.75, 3.05) is 0 Å². The normalized spacial score (nSPS) is 12.3. The average Bonchev–Trinajstić information content (AvgIpc) is 3.68. The molecule has 0 bridgehead atoms. The molecule has 4 heterocycles. The van der Waals surface area contributed by atoms with Crippen molar-refractivity contribution < 1.29 is 0 Å². The van der Waals surface area contributed by atoms with Gasteiger partial charge < -0.3 is 4.57 Å². The van der Waals surface area contributed by atoms with Crippen molar-refractivity contribution in [3.05, 3.63) is 133 Å². The van der Waals surface area contributed by atoms with Gasteiger partial charge in [0.2, 0.25) is 0 Å². The fraction of sp³-hybridized carbons (Fsp3) is 0. The highest BCUT2D eigenvalue weighted by Gasteiger charge is 2.24. The van der Waals surface area contributed by atoms with Crippen LogP contribution in [0.4, 0.5) is 0 Å². The molecule has 0 radical (unpaired) electrons. The number of fused-ring (bicyclic) bond motifs is 11. The summed E-state index contributed by atoms with van der Waals surface area (Å²) in [5.41, 5.74) is 11.9. The van der Waals surface area contributed by atoms with Crippen LogP contribution in [0.2, 0.25) is 0 Å². The van der Waals surface area contributed by atoms with Crippen molar-refractivity contribution in [3.8, 4) is 16.8 Å². The first kappa shape index (κ1) is 22.0. The summed E-state index contributed by atoms with van der Waals surface area (Å²) in [6.07, 6.45) is 0. The molecule has 0 spiro atoms. The van der Waals surface area contributed by atoms with E-state index in [1.807, 2.05) is 12.1 Å². The molecule has 0 amide bonds. The second kappa shape index (κ2) is 7.93. The Morgan fingerprint density at radius 3 is 1.93 bits per heavy atom.